The van der Waals surface area contributed by atoms with E-state index in [0.717, 1.165) is 4.90 Å². The van der Waals surface area contributed by atoms with Crippen LogP contribution in [0.15, 0.2) is 48.5 Å². The Labute approximate surface area is 135 Å². The number of alkyl halides is 3. The zero-order valence-corrected chi connectivity index (χ0v) is 12.5. The maximum absolute atomic E-state index is 13.8. The number of nitrogens with zero attached hydrogens (tertiary/aromatic N) is 1. The highest BCUT2D eigenvalue weighted by Crippen LogP contribution is 2.44. The molecular formula is C16H12ClF3N2O. The third-order valence-electron chi connectivity index (χ3n) is 3.61. The molecule has 1 atom stereocenters. The standard InChI is InChI=1S/C16H12ClF3N2O/c17-10-6-7-13-12(8-10)15(16(18,19)20)22(9-14(23)21-13)11-4-2-1-3-5-11/h1-8,15H,9H2,(H,21,23). The molecule has 0 bridgehead atoms. The zero-order valence-electron chi connectivity index (χ0n) is 11.8. The third kappa shape index (κ3) is 3.12. The van der Waals surface area contributed by atoms with Crippen LogP contribution in [0, 0.1) is 0 Å². The summed E-state index contributed by atoms with van der Waals surface area (Å²) in [5.41, 5.74) is 0.373. The van der Waals surface area contributed by atoms with Crippen molar-refractivity contribution in [3.63, 3.8) is 0 Å². The van der Waals surface area contributed by atoms with E-state index in [2.05, 4.69) is 5.32 Å². The van der Waals surface area contributed by atoms with Gasteiger partial charge in [0.2, 0.25) is 5.91 Å². The van der Waals surface area contributed by atoms with E-state index in [1.807, 2.05) is 0 Å². The van der Waals surface area contributed by atoms with Gasteiger partial charge in [0, 0.05) is 22.0 Å². The van der Waals surface area contributed by atoms with Gasteiger partial charge in [-0.15, -0.1) is 0 Å². The topological polar surface area (TPSA) is 32.3 Å². The molecule has 0 spiro atoms. The minimum atomic E-state index is -4.57. The van der Waals surface area contributed by atoms with Gasteiger partial charge >= 0.3 is 6.18 Å². The Kier molecular flexibility index (Phi) is 3.93. The van der Waals surface area contributed by atoms with Gasteiger partial charge < -0.3 is 10.2 Å². The number of fused-ring (bicyclic) bond motifs is 1. The molecule has 0 aromatic heterocycles. The van der Waals surface area contributed by atoms with E-state index in [4.69, 9.17) is 11.6 Å². The van der Waals surface area contributed by atoms with Crippen molar-refractivity contribution in [3.05, 3.63) is 59.1 Å². The summed E-state index contributed by atoms with van der Waals surface area (Å²) in [7, 11) is 0. The first-order valence-corrected chi connectivity index (χ1v) is 7.22. The van der Waals surface area contributed by atoms with E-state index in [-0.39, 0.29) is 16.3 Å². The van der Waals surface area contributed by atoms with Crippen LogP contribution in [0.5, 0.6) is 0 Å². The summed E-state index contributed by atoms with van der Waals surface area (Å²) in [6, 6.07) is 10.2. The molecule has 0 fully saturated rings. The fourth-order valence-corrected chi connectivity index (χ4v) is 2.87. The van der Waals surface area contributed by atoms with Gasteiger partial charge in [0.1, 0.15) is 0 Å². The molecule has 2 aromatic rings. The molecule has 1 aliphatic heterocycles. The molecule has 1 amide bonds. The Morgan fingerprint density at radius 3 is 2.48 bits per heavy atom. The number of para-hydroxylation sites is 1. The number of amides is 1. The number of anilines is 2. The molecule has 0 saturated heterocycles. The second-order valence-corrected chi connectivity index (χ2v) is 5.62. The SMILES string of the molecule is O=C1CN(c2ccccc2)C(C(F)(F)F)c2cc(Cl)ccc2N1. The average molecular weight is 341 g/mol. The number of hydrogen-bond acceptors (Lipinski definition) is 2. The highest BCUT2D eigenvalue weighted by molar-refractivity contribution is 6.30. The molecule has 7 heteroatoms. The molecule has 1 heterocycles. The van der Waals surface area contributed by atoms with Crippen molar-refractivity contribution in [2.45, 2.75) is 12.2 Å². The van der Waals surface area contributed by atoms with E-state index < -0.39 is 24.7 Å². The summed E-state index contributed by atoms with van der Waals surface area (Å²) in [6.45, 7) is -0.402. The lowest BCUT2D eigenvalue weighted by molar-refractivity contribution is -0.150. The zero-order chi connectivity index (χ0) is 16.6. The maximum Gasteiger partial charge on any atom is 0.413 e. The minimum Gasteiger partial charge on any atom is -0.347 e. The summed E-state index contributed by atoms with van der Waals surface area (Å²) in [5.74, 6) is -0.510. The van der Waals surface area contributed by atoms with Crippen LogP contribution in [0.4, 0.5) is 24.5 Å². The first-order chi connectivity index (χ1) is 10.9. The minimum absolute atomic E-state index is 0.0697. The van der Waals surface area contributed by atoms with E-state index in [1.165, 1.54) is 18.2 Å². The Morgan fingerprint density at radius 1 is 1.13 bits per heavy atom. The number of nitrogens with one attached hydrogen (secondary N) is 1. The third-order valence-corrected chi connectivity index (χ3v) is 3.84. The number of benzene rings is 2. The first-order valence-electron chi connectivity index (χ1n) is 6.84. The summed E-state index contributed by atoms with van der Waals surface area (Å²) in [4.78, 5) is 13.1. The van der Waals surface area contributed by atoms with E-state index in [0.29, 0.717) is 5.69 Å². The lowest BCUT2D eigenvalue weighted by Gasteiger charge is -2.33. The van der Waals surface area contributed by atoms with Gasteiger partial charge in [0.15, 0.2) is 6.04 Å². The lowest BCUT2D eigenvalue weighted by Crippen LogP contribution is -2.40. The van der Waals surface area contributed by atoms with Gasteiger partial charge in [-0.05, 0) is 30.3 Å². The summed E-state index contributed by atoms with van der Waals surface area (Å²) >= 11 is 5.88. The molecule has 3 nitrogen and oxygen atoms in total. The largest absolute Gasteiger partial charge is 0.413 e. The number of rotatable bonds is 1. The van der Waals surface area contributed by atoms with Crippen LogP contribution in [-0.2, 0) is 4.79 Å². The van der Waals surface area contributed by atoms with Crippen LogP contribution in [0.1, 0.15) is 11.6 Å². The Balaban J connectivity index is 2.20. The first kappa shape index (κ1) is 15.7. The molecule has 3 rings (SSSR count). The van der Waals surface area contributed by atoms with Gasteiger partial charge in [-0.2, -0.15) is 13.2 Å². The molecule has 0 saturated carbocycles. The van der Waals surface area contributed by atoms with Crippen LogP contribution in [0.25, 0.3) is 0 Å². The smallest absolute Gasteiger partial charge is 0.347 e. The Bertz CT molecular complexity index is 734. The number of halogens is 4. The van der Waals surface area contributed by atoms with Crippen LogP contribution in [0.3, 0.4) is 0 Å². The molecule has 1 aliphatic rings. The second-order valence-electron chi connectivity index (χ2n) is 5.19. The lowest BCUT2D eigenvalue weighted by atomic mass is 10.0. The molecule has 1 N–H and O–H groups in total. The Hall–Kier alpha value is -2.21. The fraction of sp³-hybridized carbons (Fsp3) is 0.188. The fourth-order valence-electron chi connectivity index (χ4n) is 2.69. The second kappa shape index (κ2) is 5.77. The monoisotopic (exact) mass is 340 g/mol. The van der Waals surface area contributed by atoms with Crippen molar-refractivity contribution in [2.24, 2.45) is 0 Å². The van der Waals surface area contributed by atoms with Crippen molar-refractivity contribution >= 4 is 28.9 Å². The highest BCUT2D eigenvalue weighted by atomic mass is 35.5. The van der Waals surface area contributed by atoms with Crippen molar-refractivity contribution in [1.29, 1.82) is 0 Å². The molecule has 1 unspecified atom stereocenters. The quantitative estimate of drug-likeness (QED) is 0.834. The maximum atomic E-state index is 13.8. The Morgan fingerprint density at radius 2 is 1.83 bits per heavy atom. The van der Waals surface area contributed by atoms with E-state index in [9.17, 15) is 18.0 Å². The summed E-state index contributed by atoms with van der Waals surface area (Å²) in [6.07, 6.45) is -4.57. The van der Waals surface area contributed by atoms with Crippen LogP contribution >= 0.6 is 11.6 Å². The van der Waals surface area contributed by atoms with Gasteiger partial charge in [-0.1, -0.05) is 29.8 Å². The molecular weight excluding hydrogens is 329 g/mol. The van der Waals surface area contributed by atoms with Crippen molar-refractivity contribution in [2.75, 3.05) is 16.8 Å². The average Bonchev–Trinajstić information content (AvgIpc) is 2.63. The molecule has 120 valence electrons. The van der Waals surface area contributed by atoms with Gasteiger partial charge in [0.05, 0.1) is 6.54 Å². The summed E-state index contributed by atoms with van der Waals surface area (Å²) in [5, 5.41) is 2.69. The van der Waals surface area contributed by atoms with Crippen molar-refractivity contribution < 1.29 is 18.0 Å². The van der Waals surface area contributed by atoms with Crippen LogP contribution in [0.2, 0.25) is 5.02 Å². The number of hydrogen-bond donors (Lipinski definition) is 1. The van der Waals surface area contributed by atoms with Gasteiger partial charge in [0.25, 0.3) is 0 Å². The molecule has 2 aromatic carbocycles. The normalized spacial score (nSPS) is 18.2. The van der Waals surface area contributed by atoms with Crippen molar-refractivity contribution in [1.82, 2.24) is 0 Å². The number of carbonyl (C=O) groups is 1. The van der Waals surface area contributed by atoms with Crippen LogP contribution in [-0.4, -0.2) is 18.6 Å². The van der Waals surface area contributed by atoms with Gasteiger partial charge in [-0.25, -0.2) is 0 Å². The predicted octanol–water partition coefficient (Wildman–Crippen LogP) is 4.40. The van der Waals surface area contributed by atoms with Gasteiger partial charge in [-0.3, -0.25) is 4.79 Å². The molecule has 0 aliphatic carbocycles. The van der Waals surface area contributed by atoms with Crippen LogP contribution < -0.4 is 10.2 Å². The van der Waals surface area contributed by atoms with Crippen molar-refractivity contribution in [3.8, 4) is 0 Å². The highest BCUT2D eigenvalue weighted by Gasteiger charge is 2.47. The predicted molar refractivity (Wildman–Crippen MR) is 82.7 cm³/mol. The number of carbonyl (C=O) groups excluding carboxylic acids is 1. The summed E-state index contributed by atoms with van der Waals surface area (Å²) < 4.78 is 41.3. The molecule has 0 radical (unpaired) electrons. The van der Waals surface area contributed by atoms with E-state index >= 15 is 0 Å². The van der Waals surface area contributed by atoms with E-state index in [1.54, 1.807) is 30.3 Å². The molecule has 23 heavy (non-hydrogen) atoms.